The van der Waals surface area contributed by atoms with E-state index in [1.54, 1.807) is 18.3 Å². The minimum atomic E-state index is -0.752. The zero-order valence-electron chi connectivity index (χ0n) is 9.93. The van der Waals surface area contributed by atoms with Gasteiger partial charge < -0.3 is 0 Å². The minimum absolute atomic E-state index is 0.0397. The Morgan fingerprint density at radius 3 is 2.90 bits per heavy atom. The average Bonchev–Trinajstić information content (AvgIpc) is 2.82. The van der Waals surface area contributed by atoms with Crippen LogP contribution in [0.3, 0.4) is 0 Å². The maximum Gasteiger partial charge on any atom is 0.259 e. The number of carbonyl (C=O) groups is 1. The van der Waals surface area contributed by atoms with Crippen LogP contribution in [-0.4, -0.2) is 15.9 Å². The van der Waals surface area contributed by atoms with Gasteiger partial charge in [0.1, 0.15) is 11.3 Å². The number of aromatic nitrogens is 2. The van der Waals surface area contributed by atoms with E-state index in [1.807, 2.05) is 0 Å². The number of rotatable bonds is 2. The zero-order chi connectivity index (χ0) is 14.1. The largest absolute Gasteiger partial charge is 0.298 e. The standard InChI is InChI=1S/C13H7F2N3OS/c14-8-4-9(15)11-10(5-8)20-13(17-11)18-12(19)7-2-1-3-16-6-7/h1-6H,(H,17,18,19). The van der Waals surface area contributed by atoms with Gasteiger partial charge in [0.15, 0.2) is 10.9 Å². The van der Waals surface area contributed by atoms with Crippen LogP contribution in [0.25, 0.3) is 10.2 Å². The van der Waals surface area contributed by atoms with Crippen LogP contribution in [0.15, 0.2) is 36.7 Å². The average molecular weight is 291 g/mol. The van der Waals surface area contributed by atoms with Gasteiger partial charge in [0.2, 0.25) is 0 Å². The van der Waals surface area contributed by atoms with Gasteiger partial charge in [-0.1, -0.05) is 11.3 Å². The third-order valence-electron chi connectivity index (χ3n) is 2.56. The van der Waals surface area contributed by atoms with Crippen molar-refractivity contribution in [1.82, 2.24) is 9.97 Å². The molecule has 0 saturated carbocycles. The number of halogens is 2. The molecule has 0 bridgehead atoms. The predicted octanol–water partition coefficient (Wildman–Crippen LogP) is 3.22. The molecule has 0 aliphatic heterocycles. The van der Waals surface area contributed by atoms with Crippen molar-refractivity contribution in [3.05, 3.63) is 53.9 Å². The van der Waals surface area contributed by atoms with E-state index in [4.69, 9.17) is 0 Å². The highest BCUT2D eigenvalue weighted by Crippen LogP contribution is 2.28. The third kappa shape index (κ3) is 2.35. The molecule has 3 rings (SSSR count). The molecule has 1 N–H and O–H groups in total. The summed E-state index contributed by atoms with van der Waals surface area (Å²) in [5, 5.41) is 2.74. The number of amides is 1. The van der Waals surface area contributed by atoms with Crippen LogP contribution in [-0.2, 0) is 0 Å². The normalized spacial score (nSPS) is 10.7. The molecule has 0 radical (unpaired) electrons. The lowest BCUT2D eigenvalue weighted by atomic mass is 10.3. The van der Waals surface area contributed by atoms with Crippen molar-refractivity contribution in [2.24, 2.45) is 0 Å². The van der Waals surface area contributed by atoms with Crippen LogP contribution in [0, 0.1) is 11.6 Å². The fourth-order valence-corrected chi connectivity index (χ4v) is 2.58. The highest BCUT2D eigenvalue weighted by molar-refractivity contribution is 7.22. The Morgan fingerprint density at radius 1 is 1.30 bits per heavy atom. The second kappa shape index (κ2) is 4.93. The Labute approximate surface area is 116 Å². The third-order valence-corrected chi connectivity index (χ3v) is 3.48. The molecule has 100 valence electrons. The van der Waals surface area contributed by atoms with E-state index in [2.05, 4.69) is 15.3 Å². The number of nitrogens with zero attached hydrogens (tertiary/aromatic N) is 2. The molecule has 0 atom stereocenters. The fourth-order valence-electron chi connectivity index (χ4n) is 1.68. The summed E-state index contributed by atoms with van der Waals surface area (Å²) in [6, 6.07) is 5.16. The van der Waals surface area contributed by atoms with E-state index in [0.29, 0.717) is 10.3 Å². The predicted molar refractivity (Wildman–Crippen MR) is 71.7 cm³/mol. The Hall–Kier alpha value is -2.41. The molecule has 0 spiro atoms. The first-order valence-corrected chi connectivity index (χ1v) is 6.42. The first-order chi connectivity index (χ1) is 9.63. The number of hydrogen-bond donors (Lipinski definition) is 1. The second-order valence-electron chi connectivity index (χ2n) is 3.95. The Morgan fingerprint density at radius 2 is 2.15 bits per heavy atom. The van der Waals surface area contributed by atoms with Crippen molar-refractivity contribution < 1.29 is 13.6 Å². The van der Waals surface area contributed by atoms with Gasteiger partial charge >= 0.3 is 0 Å². The second-order valence-corrected chi connectivity index (χ2v) is 4.98. The summed E-state index contributed by atoms with van der Waals surface area (Å²) in [6.45, 7) is 0. The molecule has 4 nitrogen and oxygen atoms in total. The number of carbonyl (C=O) groups excluding carboxylic acids is 1. The van der Waals surface area contributed by atoms with Crippen molar-refractivity contribution in [3.8, 4) is 0 Å². The van der Waals surface area contributed by atoms with Crippen LogP contribution >= 0.6 is 11.3 Å². The Balaban J connectivity index is 1.92. The van der Waals surface area contributed by atoms with Crippen molar-refractivity contribution >= 4 is 32.6 Å². The van der Waals surface area contributed by atoms with E-state index in [1.165, 1.54) is 12.3 Å². The molecule has 2 aromatic heterocycles. The van der Waals surface area contributed by atoms with Gasteiger partial charge in [-0.3, -0.25) is 15.1 Å². The summed E-state index contributed by atoms with van der Waals surface area (Å²) in [6.07, 6.45) is 2.95. The number of benzene rings is 1. The zero-order valence-corrected chi connectivity index (χ0v) is 10.7. The molecular weight excluding hydrogens is 284 g/mol. The lowest BCUT2D eigenvalue weighted by Gasteiger charge is -1.99. The molecule has 7 heteroatoms. The van der Waals surface area contributed by atoms with Gasteiger partial charge in [-0.2, -0.15) is 0 Å². The molecular formula is C13H7F2N3OS. The van der Waals surface area contributed by atoms with Crippen LogP contribution < -0.4 is 5.32 Å². The SMILES string of the molecule is O=C(Nc1nc2c(F)cc(F)cc2s1)c1cccnc1. The quantitative estimate of drug-likeness (QED) is 0.788. The fraction of sp³-hybridized carbons (Fsp3) is 0. The minimum Gasteiger partial charge on any atom is -0.298 e. The highest BCUT2D eigenvalue weighted by Gasteiger charge is 2.13. The topological polar surface area (TPSA) is 54.9 Å². The van der Waals surface area contributed by atoms with Crippen LogP contribution in [0.2, 0.25) is 0 Å². The highest BCUT2D eigenvalue weighted by atomic mass is 32.1. The summed E-state index contributed by atoms with van der Waals surface area (Å²) >= 11 is 1.01. The van der Waals surface area contributed by atoms with Crippen LogP contribution in [0.4, 0.5) is 13.9 Å². The number of thiazole rings is 1. The first-order valence-electron chi connectivity index (χ1n) is 5.60. The smallest absolute Gasteiger partial charge is 0.259 e. The van der Waals surface area contributed by atoms with Gasteiger partial charge in [-0.05, 0) is 18.2 Å². The van der Waals surface area contributed by atoms with Crippen molar-refractivity contribution in [1.29, 1.82) is 0 Å². The van der Waals surface area contributed by atoms with E-state index < -0.39 is 17.5 Å². The molecule has 1 amide bonds. The number of nitrogens with one attached hydrogen (secondary N) is 1. The van der Waals surface area contributed by atoms with E-state index >= 15 is 0 Å². The van der Waals surface area contributed by atoms with Gasteiger partial charge in [-0.15, -0.1) is 0 Å². The van der Waals surface area contributed by atoms with Gasteiger partial charge in [0.25, 0.3) is 5.91 Å². The summed E-state index contributed by atoms with van der Waals surface area (Å²) < 4.78 is 26.9. The summed E-state index contributed by atoms with van der Waals surface area (Å²) in [7, 11) is 0. The lowest BCUT2D eigenvalue weighted by Crippen LogP contribution is -2.11. The summed E-state index contributed by atoms with van der Waals surface area (Å²) in [4.78, 5) is 19.7. The van der Waals surface area contributed by atoms with E-state index in [-0.39, 0.29) is 10.6 Å². The van der Waals surface area contributed by atoms with E-state index in [9.17, 15) is 13.6 Å². The first kappa shape index (κ1) is 12.6. The van der Waals surface area contributed by atoms with E-state index in [0.717, 1.165) is 17.4 Å². The summed E-state index contributed by atoms with van der Waals surface area (Å²) in [5.41, 5.74) is 0.399. The van der Waals surface area contributed by atoms with Gasteiger partial charge in [0, 0.05) is 18.5 Å². The number of anilines is 1. The van der Waals surface area contributed by atoms with Crippen LogP contribution in [0.1, 0.15) is 10.4 Å². The molecule has 20 heavy (non-hydrogen) atoms. The maximum atomic E-state index is 13.5. The molecule has 0 aliphatic rings. The van der Waals surface area contributed by atoms with Crippen molar-refractivity contribution in [3.63, 3.8) is 0 Å². The van der Waals surface area contributed by atoms with Crippen molar-refractivity contribution in [2.75, 3.05) is 5.32 Å². The molecule has 3 aromatic rings. The molecule has 0 unspecified atom stereocenters. The number of hydrogen-bond acceptors (Lipinski definition) is 4. The molecule has 0 aliphatic carbocycles. The molecule has 0 fully saturated rings. The molecule has 0 saturated heterocycles. The maximum absolute atomic E-state index is 13.5. The van der Waals surface area contributed by atoms with Gasteiger partial charge in [-0.25, -0.2) is 13.8 Å². The van der Waals surface area contributed by atoms with Crippen LogP contribution in [0.5, 0.6) is 0 Å². The Bertz CT molecular complexity index is 789. The monoisotopic (exact) mass is 291 g/mol. The number of fused-ring (bicyclic) bond motifs is 1. The van der Waals surface area contributed by atoms with Crippen molar-refractivity contribution in [2.45, 2.75) is 0 Å². The summed E-state index contributed by atoms with van der Waals surface area (Å²) in [5.74, 6) is -1.83. The number of pyridine rings is 1. The van der Waals surface area contributed by atoms with Gasteiger partial charge in [0.05, 0.1) is 10.3 Å². The Kier molecular flexibility index (Phi) is 3.11. The molecule has 2 heterocycles. The lowest BCUT2D eigenvalue weighted by molar-refractivity contribution is 0.102. The molecule has 1 aromatic carbocycles.